The summed E-state index contributed by atoms with van der Waals surface area (Å²) in [7, 11) is 0. The molecule has 0 unspecified atom stereocenters. The van der Waals surface area contributed by atoms with Crippen molar-refractivity contribution in [2.75, 3.05) is 6.54 Å². The summed E-state index contributed by atoms with van der Waals surface area (Å²) in [5.74, 6) is 0. The Morgan fingerprint density at radius 2 is 2.17 bits per heavy atom. The van der Waals surface area contributed by atoms with Crippen LogP contribution in [0.15, 0.2) is 0 Å². The van der Waals surface area contributed by atoms with Gasteiger partial charge in [-0.05, 0) is 6.54 Å². The molecule has 0 bridgehead atoms. The molecule has 0 amide bonds. The average molecular weight is 86.2 g/mol. The van der Waals surface area contributed by atoms with E-state index in [0.29, 0.717) is 0 Å². The van der Waals surface area contributed by atoms with Gasteiger partial charge < -0.3 is 5.32 Å². The summed E-state index contributed by atoms with van der Waals surface area (Å²) < 4.78 is 0. The SMILES string of the molecule is CC[CH-]NCC. The first-order valence-corrected chi connectivity index (χ1v) is 2.46. The molecule has 0 aliphatic carbocycles. The minimum absolute atomic E-state index is 1.05. The van der Waals surface area contributed by atoms with E-state index in [0.717, 1.165) is 13.0 Å². The maximum absolute atomic E-state index is 3.07. The van der Waals surface area contributed by atoms with Crippen LogP contribution in [0, 0.1) is 6.54 Å². The van der Waals surface area contributed by atoms with Crippen molar-refractivity contribution in [3.05, 3.63) is 6.54 Å². The van der Waals surface area contributed by atoms with Gasteiger partial charge in [0.15, 0.2) is 0 Å². The van der Waals surface area contributed by atoms with Gasteiger partial charge in [-0.3, -0.25) is 6.54 Å². The van der Waals surface area contributed by atoms with Crippen LogP contribution in [0.5, 0.6) is 0 Å². The predicted octanol–water partition coefficient (Wildman–Crippen LogP) is 1.17. The lowest BCUT2D eigenvalue weighted by atomic mass is 10.5. The van der Waals surface area contributed by atoms with Crippen LogP contribution in [0.4, 0.5) is 0 Å². The summed E-state index contributed by atoms with van der Waals surface area (Å²) >= 11 is 0. The summed E-state index contributed by atoms with van der Waals surface area (Å²) in [5.41, 5.74) is 0. The molecule has 0 spiro atoms. The Morgan fingerprint density at radius 3 is 2.33 bits per heavy atom. The highest BCUT2D eigenvalue weighted by atomic mass is 14.8. The molecule has 1 heteroatoms. The van der Waals surface area contributed by atoms with Gasteiger partial charge in [0.05, 0.1) is 0 Å². The van der Waals surface area contributed by atoms with Crippen molar-refractivity contribution in [3.8, 4) is 0 Å². The molecular weight excluding hydrogens is 74.1 g/mol. The third kappa shape index (κ3) is 3.96. The standard InChI is InChI=1S/C5H12N/c1-3-5-6-4-2/h5-6H,3-4H2,1-2H3/q-1. The predicted molar refractivity (Wildman–Crippen MR) is 28.3 cm³/mol. The summed E-state index contributed by atoms with van der Waals surface area (Å²) in [5, 5.41) is 3.07. The molecule has 6 heavy (non-hydrogen) atoms. The molecule has 0 atom stereocenters. The molecule has 0 aromatic heterocycles. The van der Waals surface area contributed by atoms with Gasteiger partial charge in [-0.25, -0.2) is 0 Å². The third-order valence-electron chi connectivity index (χ3n) is 0.553. The molecule has 0 aliphatic rings. The van der Waals surface area contributed by atoms with Crippen molar-refractivity contribution in [1.29, 1.82) is 0 Å². The van der Waals surface area contributed by atoms with Crippen LogP contribution in [0.3, 0.4) is 0 Å². The number of hydrogen-bond donors (Lipinski definition) is 1. The van der Waals surface area contributed by atoms with E-state index in [1.807, 2.05) is 0 Å². The minimum atomic E-state index is 1.05. The summed E-state index contributed by atoms with van der Waals surface area (Å²) in [6.07, 6.45) is 1.12. The molecule has 0 heterocycles. The molecular formula is C5H12N-. The van der Waals surface area contributed by atoms with Crippen LogP contribution in [0.1, 0.15) is 20.3 Å². The lowest BCUT2D eigenvalue weighted by molar-refractivity contribution is 0.799. The lowest BCUT2D eigenvalue weighted by Crippen LogP contribution is -2.06. The summed E-state index contributed by atoms with van der Waals surface area (Å²) in [6, 6.07) is 0. The highest BCUT2D eigenvalue weighted by Crippen LogP contribution is 1.73. The van der Waals surface area contributed by atoms with Gasteiger partial charge in [0.1, 0.15) is 0 Å². The average Bonchev–Trinajstić information content (AvgIpc) is 1.61. The maximum Gasteiger partial charge on any atom is -0.0355 e. The monoisotopic (exact) mass is 86.1 g/mol. The molecule has 0 rings (SSSR count). The van der Waals surface area contributed by atoms with E-state index < -0.39 is 0 Å². The number of nitrogens with one attached hydrogen (secondary N) is 1. The molecule has 0 saturated heterocycles. The zero-order valence-electron chi connectivity index (χ0n) is 4.49. The molecule has 0 fully saturated rings. The molecule has 0 aromatic carbocycles. The fraction of sp³-hybridized carbons (Fsp3) is 0.800. The first-order chi connectivity index (χ1) is 2.91. The summed E-state index contributed by atoms with van der Waals surface area (Å²) in [6.45, 7) is 7.31. The zero-order chi connectivity index (χ0) is 4.83. The van der Waals surface area contributed by atoms with Crippen LogP contribution in [0.2, 0.25) is 0 Å². The van der Waals surface area contributed by atoms with Gasteiger partial charge in [-0.1, -0.05) is 13.8 Å². The second kappa shape index (κ2) is 4.96. The second-order valence-corrected chi connectivity index (χ2v) is 1.17. The smallest absolute Gasteiger partial charge is 0.0355 e. The quantitative estimate of drug-likeness (QED) is 0.401. The van der Waals surface area contributed by atoms with Gasteiger partial charge in [-0.15, -0.1) is 0 Å². The zero-order valence-corrected chi connectivity index (χ0v) is 4.49. The highest BCUT2D eigenvalue weighted by Gasteiger charge is 1.58. The van der Waals surface area contributed by atoms with E-state index in [-0.39, 0.29) is 0 Å². The number of rotatable bonds is 3. The van der Waals surface area contributed by atoms with E-state index in [1.54, 1.807) is 0 Å². The van der Waals surface area contributed by atoms with Crippen molar-refractivity contribution >= 4 is 0 Å². The highest BCUT2D eigenvalue weighted by molar-refractivity contribution is 4.53. The maximum atomic E-state index is 3.07. The van der Waals surface area contributed by atoms with Crippen LogP contribution in [-0.2, 0) is 0 Å². The van der Waals surface area contributed by atoms with Crippen molar-refractivity contribution in [2.24, 2.45) is 0 Å². The Labute approximate surface area is 39.7 Å². The van der Waals surface area contributed by atoms with Gasteiger partial charge in [-0.2, -0.15) is 6.42 Å². The van der Waals surface area contributed by atoms with Crippen molar-refractivity contribution in [2.45, 2.75) is 20.3 Å². The van der Waals surface area contributed by atoms with Crippen LogP contribution in [0.25, 0.3) is 0 Å². The van der Waals surface area contributed by atoms with Gasteiger partial charge in [0.2, 0.25) is 0 Å². The van der Waals surface area contributed by atoms with E-state index >= 15 is 0 Å². The first-order valence-electron chi connectivity index (χ1n) is 2.46. The van der Waals surface area contributed by atoms with Crippen molar-refractivity contribution in [3.63, 3.8) is 0 Å². The van der Waals surface area contributed by atoms with Crippen LogP contribution < -0.4 is 5.32 Å². The van der Waals surface area contributed by atoms with Crippen molar-refractivity contribution < 1.29 is 0 Å². The molecule has 1 N–H and O–H groups in total. The van der Waals surface area contributed by atoms with Crippen LogP contribution in [-0.4, -0.2) is 6.54 Å². The normalized spacial score (nSPS) is 9.00. The van der Waals surface area contributed by atoms with Crippen molar-refractivity contribution in [1.82, 2.24) is 5.32 Å². The molecule has 0 aliphatic heterocycles. The van der Waals surface area contributed by atoms with Gasteiger partial charge in [0.25, 0.3) is 0 Å². The molecule has 38 valence electrons. The molecule has 0 aromatic rings. The third-order valence-corrected chi connectivity index (χ3v) is 0.553. The van der Waals surface area contributed by atoms with Crippen LogP contribution >= 0.6 is 0 Å². The summed E-state index contributed by atoms with van der Waals surface area (Å²) in [4.78, 5) is 0. The number of hydrogen-bond acceptors (Lipinski definition) is 1. The molecule has 1 nitrogen and oxygen atoms in total. The first kappa shape index (κ1) is 5.96. The lowest BCUT2D eigenvalue weighted by Gasteiger charge is -2.06. The Kier molecular flexibility index (Phi) is 4.93. The van der Waals surface area contributed by atoms with E-state index in [1.165, 1.54) is 0 Å². The fourth-order valence-electron chi connectivity index (χ4n) is 0.289. The Balaban J connectivity index is 2.34. The minimum Gasteiger partial charge on any atom is -0.470 e. The van der Waals surface area contributed by atoms with Gasteiger partial charge >= 0.3 is 0 Å². The van der Waals surface area contributed by atoms with E-state index in [2.05, 4.69) is 25.7 Å². The topological polar surface area (TPSA) is 12.0 Å². The van der Waals surface area contributed by atoms with E-state index in [4.69, 9.17) is 0 Å². The fourth-order valence-corrected chi connectivity index (χ4v) is 0.289. The molecule has 0 saturated carbocycles. The largest absolute Gasteiger partial charge is 0.470 e. The second-order valence-electron chi connectivity index (χ2n) is 1.17. The Hall–Kier alpha value is -0.0400. The Bertz CT molecular complexity index is 15.9. The molecule has 0 radical (unpaired) electrons. The van der Waals surface area contributed by atoms with E-state index in [9.17, 15) is 0 Å². The van der Waals surface area contributed by atoms with Gasteiger partial charge in [0, 0.05) is 0 Å². The Morgan fingerprint density at radius 1 is 1.50 bits per heavy atom.